The fourth-order valence-electron chi connectivity index (χ4n) is 5.77. The SMILES string of the molecule is CN[C@@H](Cc1cc(-c2ccc(OCc3ccccc3)c(C[C@@H](C(=O)OCc3ccccc3)N(C)C)c2)ccc1OCc1ccccc1)C(C)=O. The number of nitrogens with zero attached hydrogens (tertiary/aromatic N) is 1. The van der Waals surface area contributed by atoms with Gasteiger partial charge in [-0.2, -0.15) is 0 Å². The molecule has 0 spiro atoms. The van der Waals surface area contributed by atoms with Crippen molar-refractivity contribution >= 4 is 11.8 Å². The van der Waals surface area contributed by atoms with Crippen molar-refractivity contribution in [3.8, 4) is 22.6 Å². The van der Waals surface area contributed by atoms with E-state index in [1.54, 1.807) is 14.0 Å². The summed E-state index contributed by atoms with van der Waals surface area (Å²) in [6.07, 6.45) is 0.862. The van der Waals surface area contributed by atoms with Gasteiger partial charge in [0.1, 0.15) is 43.1 Å². The first-order valence-corrected chi connectivity index (χ1v) is 16.9. The molecule has 1 N–H and O–H groups in total. The summed E-state index contributed by atoms with van der Waals surface area (Å²) < 4.78 is 18.5. The summed E-state index contributed by atoms with van der Waals surface area (Å²) in [6, 6.07) is 41.0. The molecule has 0 saturated heterocycles. The van der Waals surface area contributed by atoms with Gasteiger partial charge in [-0.25, -0.2) is 0 Å². The Hall–Kier alpha value is -5.24. The minimum atomic E-state index is -0.538. The first-order valence-electron chi connectivity index (χ1n) is 16.9. The number of likely N-dealkylation sites (N-methyl/N-ethyl adjacent to an activating group) is 2. The maximum Gasteiger partial charge on any atom is 0.324 e. The quantitative estimate of drug-likeness (QED) is 0.103. The van der Waals surface area contributed by atoms with Gasteiger partial charge in [0.15, 0.2) is 0 Å². The van der Waals surface area contributed by atoms with E-state index in [2.05, 4.69) is 17.4 Å². The van der Waals surface area contributed by atoms with Crippen LogP contribution in [0.4, 0.5) is 0 Å². The van der Waals surface area contributed by atoms with Gasteiger partial charge >= 0.3 is 5.97 Å². The molecule has 5 rings (SSSR count). The Morgan fingerprint density at radius 3 is 1.48 bits per heavy atom. The van der Waals surface area contributed by atoms with Crippen LogP contribution in [0.25, 0.3) is 11.1 Å². The standard InChI is InChI=1S/C43H46N2O5/c1-31(46)39(44-2)26-37-24-35(20-22-41(37)48-28-32-14-8-5-9-15-32)36-21-23-42(49-29-33-16-10-6-11-17-33)38(25-36)27-40(45(3)4)43(47)50-30-34-18-12-7-13-19-34/h5-25,39-40,44H,26-30H2,1-4H3/t39-,40-/m0/s1. The fraction of sp³-hybridized carbons (Fsp3) is 0.256. The zero-order valence-electron chi connectivity index (χ0n) is 29.3. The van der Waals surface area contributed by atoms with Crippen molar-refractivity contribution < 1.29 is 23.8 Å². The maximum absolute atomic E-state index is 13.5. The summed E-state index contributed by atoms with van der Waals surface area (Å²) in [7, 11) is 5.57. The Balaban J connectivity index is 1.46. The van der Waals surface area contributed by atoms with Crippen LogP contribution in [-0.2, 0) is 47.0 Å². The zero-order chi connectivity index (χ0) is 35.3. The monoisotopic (exact) mass is 670 g/mol. The van der Waals surface area contributed by atoms with E-state index < -0.39 is 6.04 Å². The van der Waals surface area contributed by atoms with Crippen molar-refractivity contribution in [3.63, 3.8) is 0 Å². The first kappa shape index (κ1) is 36.1. The van der Waals surface area contributed by atoms with E-state index in [9.17, 15) is 9.59 Å². The van der Waals surface area contributed by atoms with E-state index in [0.29, 0.717) is 31.8 Å². The lowest BCUT2D eigenvalue weighted by Gasteiger charge is -2.24. The highest BCUT2D eigenvalue weighted by atomic mass is 16.5. The summed E-state index contributed by atoms with van der Waals surface area (Å²) in [4.78, 5) is 27.8. The molecule has 50 heavy (non-hydrogen) atoms. The summed E-state index contributed by atoms with van der Waals surface area (Å²) in [5.74, 6) is 1.19. The van der Waals surface area contributed by atoms with Crippen LogP contribution in [0.1, 0.15) is 34.7 Å². The molecule has 0 bridgehead atoms. The second-order valence-electron chi connectivity index (χ2n) is 12.6. The minimum absolute atomic E-state index is 0.0583. The number of hydrogen-bond acceptors (Lipinski definition) is 7. The van der Waals surface area contributed by atoms with Crippen molar-refractivity contribution in [2.24, 2.45) is 0 Å². The number of rotatable bonds is 17. The number of hydrogen-bond donors (Lipinski definition) is 1. The summed E-state index contributed by atoms with van der Waals surface area (Å²) in [5.41, 5.74) is 6.79. The lowest BCUT2D eigenvalue weighted by molar-refractivity contribution is -0.150. The van der Waals surface area contributed by atoms with E-state index in [0.717, 1.165) is 44.7 Å². The molecule has 0 aliphatic carbocycles. The van der Waals surface area contributed by atoms with Crippen molar-refractivity contribution in [2.75, 3.05) is 21.1 Å². The molecule has 7 heteroatoms. The Morgan fingerprint density at radius 2 is 1.06 bits per heavy atom. The average Bonchev–Trinajstić information content (AvgIpc) is 3.14. The number of nitrogens with one attached hydrogen (secondary N) is 1. The van der Waals surface area contributed by atoms with Crippen LogP contribution >= 0.6 is 0 Å². The second kappa shape index (κ2) is 18.0. The van der Waals surface area contributed by atoms with Gasteiger partial charge in [-0.1, -0.05) is 103 Å². The Kier molecular flexibility index (Phi) is 12.9. The molecule has 0 unspecified atom stereocenters. The number of benzene rings is 5. The maximum atomic E-state index is 13.5. The summed E-state index contributed by atoms with van der Waals surface area (Å²) in [5, 5.41) is 3.15. The summed E-state index contributed by atoms with van der Waals surface area (Å²) >= 11 is 0. The van der Waals surface area contributed by atoms with Gasteiger partial charge < -0.3 is 19.5 Å². The number of carbonyl (C=O) groups is 2. The highest BCUT2D eigenvalue weighted by molar-refractivity contribution is 5.82. The highest BCUT2D eigenvalue weighted by Crippen LogP contribution is 2.33. The molecule has 0 aromatic heterocycles. The van der Waals surface area contributed by atoms with Gasteiger partial charge in [-0.3, -0.25) is 14.5 Å². The molecule has 258 valence electrons. The molecule has 0 saturated carbocycles. The molecule has 0 radical (unpaired) electrons. The lowest BCUT2D eigenvalue weighted by atomic mass is 9.94. The van der Waals surface area contributed by atoms with Crippen LogP contribution < -0.4 is 14.8 Å². The first-order chi connectivity index (χ1) is 24.3. The summed E-state index contributed by atoms with van der Waals surface area (Å²) in [6.45, 7) is 2.62. The molecule has 0 amide bonds. The van der Waals surface area contributed by atoms with Crippen LogP contribution in [0.2, 0.25) is 0 Å². The van der Waals surface area contributed by atoms with Crippen LogP contribution in [0.3, 0.4) is 0 Å². The lowest BCUT2D eigenvalue weighted by Crippen LogP contribution is -2.39. The molecule has 5 aromatic rings. The number of esters is 1. The molecule has 0 fully saturated rings. The number of ketones is 1. The number of carbonyl (C=O) groups excluding carboxylic acids is 2. The third kappa shape index (κ3) is 10.1. The fourth-order valence-corrected chi connectivity index (χ4v) is 5.77. The molecular formula is C43H46N2O5. The van der Waals surface area contributed by atoms with E-state index in [1.807, 2.05) is 134 Å². The Morgan fingerprint density at radius 1 is 0.620 bits per heavy atom. The van der Waals surface area contributed by atoms with Crippen molar-refractivity contribution in [1.82, 2.24) is 10.2 Å². The van der Waals surface area contributed by atoms with Gasteiger partial charge in [0.25, 0.3) is 0 Å². The topological polar surface area (TPSA) is 77.1 Å². The molecule has 0 aliphatic heterocycles. The van der Waals surface area contributed by atoms with Crippen molar-refractivity contribution in [1.29, 1.82) is 0 Å². The third-order valence-electron chi connectivity index (χ3n) is 8.72. The largest absolute Gasteiger partial charge is 0.489 e. The molecular weight excluding hydrogens is 624 g/mol. The van der Waals surface area contributed by atoms with Crippen LogP contribution in [-0.4, -0.2) is 49.9 Å². The zero-order valence-corrected chi connectivity index (χ0v) is 29.3. The molecule has 0 aliphatic rings. The molecule has 5 aromatic carbocycles. The minimum Gasteiger partial charge on any atom is -0.489 e. The van der Waals surface area contributed by atoms with Crippen LogP contribution in [0.15, 0.2) is 127 Å². The van der Waals surface area contributed by atoms with Gasteiger partial charge in [0.05, 0.1) is 6.04 Å². The highest BCUT2D eigenvalue weighted by Gasteiger charge is 2.25. The number of ether oxygens (including phenoxy) is 3. The van der Waals surface area contributed by atoms with Gasteiger partial charge in [-0.15, -0.1) is 0 Å². The third-order valence-corrected chi connectivity index (χ3v) is 8.72. The van der Waals surface area contributed by atoms with Gasteiger partial charge in [-0.05, 0) is 97.7 Å². The van der Waals surface area contributed by atoms with E-state index in [-0.39, 0.29) is 24.4 Å². The molecule has 0 heterocycles. The van der Waals surface area contributed by atoms with E-state index in [1.165, 1.54) is 0 Å². The Bertz CT molecular complexity index is 1830. The second-order valence-corrected chi connectivity index (χ2v) is 12.6. The number of Topliss-reactive ketones (excluding diaryl/α,β-unsaturated/α-hetero) is 1. The van der Waals surface area contributed by atoms with Crippen molar-refractivity contribution in [2.45, 2.75) is 51.7 Å². The van der Waals surface area contributed by atoms with Crippen LogP contribution in [0, 0.1) is 0 Å². The smallest absolute Gasteiger partial charge is 0.324 e. The predicted octanol–water partition coefficient (Wildman–Crippen LogP) is 7.45. The van der Waals surface area contributed by atoms with Crippen LogP contribution in [0.5, 0.6) is 11.5 Å². The predicted molar refractivity (Wildman–Crippen MR) is 198 cm³/mol. The van der Waals surface area contributed by atoms with Gasteiger partial charge in [0.2, 0.25) is 0 Å². The Labute approximate surface area is 295 Å². The molecule has 2 atom stereocenters. The van der Waals surface area contributed by atoms with Gasteiger partial charge in [0, 0.05) is 6.42 Å². The average molecular weight is 671 g/mol. The van der Waals surface area contributed by atoms with E-state index >= 15 is 0 Å². The van der Waals surface area contributed by atoms with Crippen molar-refractivity contribution in [3.05, 3.63) is 155 Å². The molecule has 7 nitrogen and oxygen atoms in total. The van der Waals surface area contributed by atoms with E-state index in [4.69, 9.17) is 14.2 Å². The normalized spacial score (nSPS) is 12.3.